The van der Waals surface area contributed by atoms with Crippen LogP contribution in [0, 0.1) is 6.92 Å². The lowest BCUT2D eigenvalue weighted by molar-refractivity contribution is 0.828. The van der Waals surface area contributed by atoms with Crippen LogP contribution in [0.1, 0.15) is 5.82 Å². The van der Waals surface area contributed by atoms with E-state index in [-0.39, 0.29) is 0 Å². The van der Waals surface area contributed by atoms with Crippen molar-refractivity contribution in [3.05, 3.63) is 11.9 Å². The second kappa shape index (κ2) is 4.67. The highest BCUT2D eigenvalue weighted by atomic mass is 32.2. The predicted molar refractivity (Wildman–Crippen MR) is 64.1 cm³/mol. The molecule has 0 unspecified atom stereocenters. The number of aryl methyl sites for hydroxylation is 1. The van der Waals surface area contributed by atoms with Crippen molar-refractivity contribution < 1.29 is 0 Å². The molecule has 0 aromatic carbocycles. The highest BCUT2D eigenvalue weighted by Crippen LogP contribution is 2.19. The van der Waals surface area contributed by atoms with Gasteiger partial charge in [-0.1, -0.05) is 0 Å². The van der Waals surface area contributed by atoms with Crippen molar-refractivity contribution in [2.24, 2.45) is 5.84 Å². The molecule has 1 aromatic heterocycles. The first-order valence-corrected chi connectivity index (χ1v) is 6.10. The second-order valence-electron chi connectivity index (χ2n) is 3.40. The van der Waals surface area contributed by atoms with Gasteiger partial charge in [-0.2, -0.15) is 11.8 Å². The third-order valence-electron chi connectivity index (χ3n) is 2.31. The first kappa shape index (κ1) is 10.5. The van der Waals surface area contributed by atoms with E-state index in [2.05, 4.69) is 20.3 Å². The fourth-order valence-electron chi connectivity index (χ4n) is 1.58. The Morgan fingerprint density at radius 3 is 2.80 bits per heavy atom. The fourth-order valence-corrected chi connectivity index (χ4v) is 2.48. The molecule has 1 fully saturated rings. The molecule has 82 valence electrons. The predicted octanol–water partition coefficient (Wildman–Crippen LogP) is 0.624. The van der Waals surface area contributed by atoms with Crippen molar-refractivity contribution in [2.45, 2.75) is 6.92 Å². The molecule has 1 saturated heterocycles. The summed E-state index contributed by atoms with van der Waals surface area (Å²) >= 11 is 1.98. The van der Waals surface area contributed by atoms with Crippen LogP contribution in [0.15, 0.2) is 6.07 Å². The van der Waals surface area contributed by atoms with Gasteiger partial charge in [0.25, 0.3) is 0 Å². The number of nitrogens with two attached hydrogens (primary N) is 1. The van der Waals surface area contributed by atoms with Crippen molar-refractivity contribution in [3.8, 4) is 0 Å². The van der Waals surface area contributed by atoms with Gasteiger partial charge in [-0.3, -0.25) is 0 Å². The lowest BCUT2D eigenvalue weighted by atomic mass is 10.4. The molecule has 5 nitrogen and oxygen atoms in total. The van der Waals surface area contributed by atoms with Gasteiger partial charge in [-0.05, 0) is 6.92 Å². The summed E-state index contributed by atoms with van der Waals surface area (Å²) in [4.78, 5) is 10.9. The topological polar surface area (TPSA) is 67.1 Å². The first-order valence-electron chi connectivity index (χ1n) is 4.94. The van der Waals surface area contributed by atoms with Gasteiger partial charge in [0, 0.05) is 30.7 Å². The van der Waals surface area contributed by atoms with Crippen molar-refractivity contribution in [1.29, 1.82) is 0 Å². The van der Waals surface area contributed by atoms with E-state index < -0.39 is 0 Å². The Bertz CT molecular complexity index is 337. The number of nitrogens with one attached hydrogen (secondary N) is 1. The summed E-state index contributed by atoms with van der Waals surface area (Å²) in [5.74, 6) is 10.1. The van der Waals surface area contributed by atoms with Crippen molar-refractivity contribution in [1.82, 2.24) is 9.97 Å². The third-order valence-corrected chi connectivity index (χ3v) is 3.25. The van der Waals surface area contributed by atoms with E-state index in [1.165, 1.54) is 0 Å². The minimum Gasteiger partial charge on any atom is -0.355 e. The van der Waals surface area contributed by atoms with Crippen molar-refractivity contribution in [3.63, 3.8) is 0 Å². The van der Waals surface area contributed by atoms with E-state index in [1.54, 1.807) is 0 Å². The van der Waals surface area contributed by atoms with Crippen molar-refractivity contribution in [2.75, 3.05) is 34.9 Å². The number of thioether (sulfide) groups is 1. The molecule has 0 amide bonds. The number of rotatable bonds is 2. The Labute approximate surface area is 93.4 Å². The quantitative estimate of drug-likeness (QED) is 0.568. The molecule has 0 atom stereocenters. The van der Waals surface area contributed by atoms with Crippen LogP contribution in [-0.4, -0.2) is 34.6 Å². The molecule has 0 bridgehead atoms. The summed E-state index contributed by atoms with van der Waals surface area (Å²) in [6, 6.07) is 1.89. The summed E-state index contributed by atoms with van der Waals surface area (Å²) in [5.41, 5.74) is 2.56. The van der Waals surface area contributed by atoms with Gasteiger partial charge in [0.15, 0.2) is 0 Å². The molecule has 2 rings (SSSR count). The Hall–Kier alpha value is -1.01. The Kier molecular flexibility index (Phi) is 3.27. The van der Waals surface area contributed by atoms with Gasteiger partial charge in [-0.25, -0.2) is 15.8 Å². The SMILES string of the molecule is Cc1nc(NN)cc(N2CCSCC2)n1. The van der Waals surface area contributed by atoms with Gasteiger partial charge in [0.05, 0.1) is 0 Å². The number of nitrogens with zero attached hydrogens (tertiary/aromatic N) is 3. The number of hydrogen-bond acceptors (Lipinski definition) is 6. The second-order valence-corrected chi connectivity index (χ2v) is 4.63. The molecule has 0 saturated carbocycles. The molecule has 1 aromatic rings. The Morgan fingerprint density at radius 1 is 1.40 bits per heavy atom. The monoisotopic (exact) mass is 225 g/mol. The zero-order valence-corrected chi connectivity index (χ0v) is 9.55. The number of nitrogen functional groups attached to an aromatic ring is 1. The van der Waals surface area contributed by atoms with E-state index in [4.69, 9.17) is 5.84 Å². The van der Waals surface area contributed by atoms with Crippen LogP contribution in [0.5, 0.6) is 0 Å². The molecular weight excluding hydrogens is 210 g/mol. The summed E-state index contributed by atoms with van der Waals surface area (Å²) in [7, 11) is 0. The lowest BCUT2D eigenvalue weighted by Crippen LogP contribution is -2.33. The zero-order chi connectivity index (χ0) is 10.7. The molecule has 1 aliphatic rings. The molecule has 3 N–H and O–H groups in total. The van der Waals surface area contributed by atoms with Gasteiger partial charge in [-0.15, -0.1) is 0 Å². The highest BCUT2D eigenvalue weighted by molar-refractivity contribution is 7.99. The van der Waals surface area contributed by atoms with Crippen molar-refractivity contribution >= 4 is 23.4 Å². The average molecular weight is 225 g/mol. The van der Waals surface area contributed by atoms with Crippen LogP contribution in [-0.2, 0) is 0 Å². The molecule has 6 heteroatoms. The van der Waals surface area contributed by atoms with E-state index >= 15 is 0 Å². The van der Waals surface area contributed by atoms with Crippen LogP contribution < -0.4 is 16.2 Å². The minimum atomic E-state index is 0.677. The van der Waals surface area contributed by atoms with Crippen LogP contribution >= 0.6 is 11.8 Å². The van der Waals surface area contributed by atoms with Crippen LogP contribution in [0.2, 0.25) is 0 Å². The largest absolute Gasteiger partial charge is 0.355 e. The standard InChI is InChI=1S/C9H15N5S/c1-7-11-8(13-10)6-9(12-7)14-2-4-15-5-3-14/h6H,2-5,10H2,1H3,(H,11,12,13). The van der Waals surface area contributed by atoms with Crippen LogP contribution in [0.25, 0.3) is 0 Å². The van der Waals surface area contributed by atoms with E-state index in [1.807, 2.05) is 24.8 Å². The highest BCUT2D eigenvalue weighted by Gasteiger charge is 2.13. The maximum Gasteiger partial charge on any atom is 0.145 e. The summed E-state index contributed by atoms with van der Waals surface area (Å²) in [6.07, 6.45) is 0. The smallest absolute Gasteiger partial charge is 0.145 e. The number of aromatic nitrogens is 2. The third kappa shape index (κ3) is 2.51. The summed E-state index contributed by atoms with van der Waals surface area (Å²) < 4.78 is 0. The maximum atomic E-state index is 5.35. The first-order chi connectivity index (χ1) is 7.29. The van der Waals surface area contributed by atoms with Crippen LogP contribution in [0.4, 0.5) is 11.6 Å². The molecule has 0 spiro atoms. The Morgan fingerprint density at radius 2 is 2.13 bits per heavy atom. The Balaban J connectivity index is 2.22. The zero-order valence-electron chi connectivity index (χ0n) is 8.73. The van der Waals surface area contributed by atoms with Gasteiger partial charge >= 0.3 is 0 Å². The number of anilines is 2. The maximum absolute atomic E-state index is 5.35. The normalized spacial score (nSPS) is 16.5. The fraction of sp³-hybridized carbons (Fsp3) is 0.556. The minimum absolute atomic E-state index is 0.677. The number of hydrogen-bond donors (Lipinski definition) is 2. The number of hydrazine groups is 1. The van der Waals surface area contributed by atoms with Gasteiger partial charge in [0.2, 0.25) is 0 Å². The molecule has 2 heterocycles. The molecule has 0 aliphatic carbocycles. The van der Waals surface area contributed by atoms with E-state index in [0.29, 0.717) is 5.82 Å². The molecular formula is C9H15N5S. The summed E-state index contributed by atoms with van der Waals surface area (Å²) in [5, 5.41) is 0. The van der Waals surface area contributed by atoms with Gasteiger partial charge < -0.3 is 10.3 Å². The van der Waals surface area contributed by atoms with E-state index in [9.17, 15) is 0 Å². The average Bonchev–Trinajstić information content (AvgIpc) is 2.29. The molecule has 0 radical (unpaired) electrons. The van der Waals surface area contributed by atoms with Crippen LogP contribution in [0.3, 0.4) is 0 Å². The molecule has 15 heavy (non-hydrogen) atoms. The van der Waals surface area contributed by atoms with E-state index in [0.717, 1.165) is 36.2 Å². The lowest BCUT2D eigenvalue weighted by Gasteiger charge is -2.27. The molecule has 1 aliphatic heterocycles. The summed E-state index contributed by atoms with van der Waals surface area (Å²) in [6.45, 7) is 3.97. The van der Waals surface area contributed by atoms with Gasteiger partial charge in [0.1, 0.15) is 17.5 Å².